The van der Waals surface area contributed by atoms with Crippen LogP contribution in [0.1, 0.15) is 39.0 Å². The van der Waals surface area contributed by atoms with Gasteiger partial charge in [0.15, 0.2) is 5.96 Å². The molecule has 2 N–H and O–H groups in total. The van der Waals surface area contributed by atoms with Gasteiger partial charge in [0.1, 0.15) is 4.34 Å². The largest absolute Gasteiger partial charge is 0.356 e. The fraction of sp³-hybridized carbons (Fsp3) is 0.765. The molecule has 1 fully saturated rings. The number of hydrogen-bond acceptors (Lipinski definition) is 5. The van der Waals surface area contributed by atoms with Crippen molar-refractivity contribution >= 4 is 29.1 Å². The lowest BCUT2D eigenvalue weighted by Gasteiger charge is -2.33. The van der Waals surface area contributed by atoms with Gasteiger partial charge in [-0.05, 0) is 32.2 Å². The Morgan fingerprint density at radius 2 is 2.25 bits per heavy atom. The summed E-state index contributed by atoms with van der Waals surface area (Å²) in [5.74, 6) is 2.04. The number of thiazole rings is 1. The van der Waals surface area contributed by atoms with Crippen molar-refractivity contribution in [2.24, 2.45) is 4.99 Å². The van der Waals surface area contributed by atoms with Crippen molar-refractivity contribution in [3.8, 4) is 0 Å². The number of likely N-dealkylation sites (tertiary alicyclic amines) is 1. The monoisotopic (exact) mass is 369 g/mol. The van der Waals surface area contributed by atoms with Crippen LogP contribution in [-0.2, 0) is 0 Å². The Bertz CT molecular complexity index is 456. The van der Waals surface area contributed by atoms with E-state index in [2.05, 4.69) is 32.4 Å². The molecule has 0 radical (unpaired) electrons. The number of thioether (sulfide) groups is 1. The van der Waals surface area contributed by atoms with Crippen LogP contribution in [0.4, 0.5) is 0 Å². The molecule has 0 amide bonds. The molecule has 2 rings (SSSR count). The predicted molar refractivity (Wildman–Crippen MR) is 106 cm³/mol. The standard InChI is InChI=1S/C17H31N5S2/c1-3-4-10-22-11-6-15(7-12-22)21-16(18-2)19-8-5-13-23-17-20-9-14-24-17/h9,14-15H,3-8,10-13H2,1-2H3,(H2,18,19,21). The highest BCUT2D eigenvalue weighted by Crippen LogP contribution is 2.20. The maximum absolute atomic E-state index is 4.36. The maximum atomic E-state index is 4.36. The van der Waals surface area contributed by atoms with Gasteiger partial charge in [-0.2, -0.15) is 0 Å². The molecule has 24 heavy (non-hydrogen) atoms. The van der Waals surface area contributed by atoms with Crippen LogP contribution < -0.4 is 10.6 Å². The molecule has 7 heteroatoms. The second-order valence-electron chi connectivity index (χ2n) is 6.11. The van der Waals surface area contributed by atoms with Crippen LogP contribution in [0.2, 0.25) is 0 Å². The van der Waals surface area contributed by atoms with Crippen molar-refractivity contribution in [2.45, 2.75) is 49.4 Å². The number of nitrogens with zero attached hydrogens (tertiary/aromatic N) is 3. The lowest BCUT2D eigenvalue weighted by molar-refractivity contribution is 0.203. The third kappa shape index (κ3) is 7.40. The molecule has 0 saturated carbocycles. The van der Waals surface area contributed by atoms with E-state index in [9.17, 15) is 0 Å². The average molecular weight is 370 g/mol. The van der Waals surface area contributed by atoms with E-state index in [0.29, 0.717) is 6.04 Å². The maximum Gasteiger partial charge on any atom is 0.191 e. The first-order chi connectivity index (χ1) is 11.8. The zero-order valence-corrected chi connectivity index (χ0v) is 16.6. The molecule has 0 aromatic carbocycles. The van der Waals surface area contributed by atoms with Gasteiger partial charge in [-0.1, -0.05) is 25.1 Å². The first-order valence-corrected chi connectivity index (χ1v) is 10.9. The molecule has 0 aliphatic carbocycles. The Kier molecular flexibility index (Phi) is 9.53. The number of rotatable bonds is 9. The van der Waals surface area contributed by atoms with Crippen LogP contribution in [0.25, 0.3) is 0 Å². The number of hydrogen-bond donors (Lipinski definition) is 2. The summed E-state index contributed by atoms with van der Waals surface area (Å²) in [6, 6.07) is 0.554. The topological polar surface area (TPSA) is 52.5 Å². The third-order valence-corrected chi connectivity index (χ3v) is 6.28. The van der Waals surface area contributed by atoms with E-state index in [-0.39, 0.29) is 0 Å². The summed E-state index contributed by atoms with van der Waals surface area (Å²) in [5, 5.41) is 9.05. The summed E-state index contributed by atoms with van der Waals surface area (Å²) in [5.41, 5.74) is 0. The summed E-state index contributed by atoms with van der Waals surface area (Å²) in [7, 11) is 1.86. The highest BCUT2D eigenvalue weighted by molar-refractivity contribution is 8.00. The predicted octanol–water partition coefficient (Wildman–Crippen LogP) is 3.05. The summed E-state index contributed by atoms with van der Waals surface area (Å²) in [4.78, 5) is 11.2. The van der Waals surface area contributed by atoms with Crippen LogP contribution in [0.3, 0.4) is 0 Å². The van der Waals surface area contributed by atoms with Gasteiger partial charge in [-0.15, -0.1) is 11.3 Å². The Hall–Kier alpha value is -0.790. The Labute approximate surface area is 154 Å². The number of aromatic nitrogens is 1. The molecular weight excluding hydrogens is 338 g/mol. The molecule has 1 aromatic heterocycles. The van der Waals surface area contributed by atoms with Crippen LogP contribution in [0.5, 0.6) is 0 Å². The van der Waals surface area contributed by atoms with Gasteiger partial charge < -0.3 is 15.5 Å². The summed E-state index contributed by atoms with van der Waals surface area (Å²) in [6.45, 7) is 6.89. The van der Waals surface area contributed by atoms with E-state index in [1.165, 1.54) is 45.3 Å². The van der Waals surface area contributed by atoms with Crippen molar-refractivity contribution in [2.75, 3.05) is 39.0 Å². The molecular formula is C17H31N5S2. The van der Waals surface area contributed by atoms with Crippen LogP contribution in [0, 0.1) is 0 Å². The van der Waals surface area contributed by atoms with E-state index >= 15 is 0 Å². The molecule has 0 unspecified atom stereocenters. The molecule has 136 valence electrons. The fourth-order valence-electron chi connectivity index (χ4n) is 2.79. The quantitative estimate of drug-likeness (QED) is 0.303. The normalized spacial score (nSPS) is 17.2. The number of nitrogens with one attached hydrogen (secondary N) is 2. The molecule has 1 aliphatic rings. The number of aliphatic imine (C=N–C) groups is 1. The molecule has 1 aromatic rings. The second-order valence-corrected chi connectivity index (χ2v) is 8.35. The molecule has 0 bridgehead atoms. The van der Waals surface area contributed by atoms with Crippen LogP contribution >= 0.6 is 23.1 Å². The second kappa shape index (κ2) is 11.7. The van der Waals surface area contributed by atoms with Gasteiger partial charge in [-0.25, -0.2) is 4.98 Å². The molecule has 1 saturated heterocycles. The molecule has 5 nitrogen and oxygen atoms in total. The minimum absolute atomic E-state index is 0.554. The average Bonchev–Trinajstić information content (AvgIpc) is 3.13. The van der Waals surface area contributed by atoms with Crippen molar-refractivity contribution in [1.82, 2.24) is 20.5 Å². The highest BCUT2D eigenvalue weighted by Gasteiger charge is 2.19. The first kappa shape index (κ1) is 19.5. The van der Waals surface area contributed by atoms with Crippen molar-refractivity contribution in [1.29, 1.82) is 0 Å². The Morgan fingerprint density at radius 3 is 2.92 bits per heavy atom. The third-order valence-electron chi connectivity index (χ3n) is 4.23. The van der Waals surface area contributed by atoms with Crippen molar-refractivity contribution in [3.63, 3.8) is 0 Å². The SMILES string of the molecule is CCCCN1CCC(NC(=NC)NCCCSc2nccs2)CC1. The van der Waals surface area contributed by atoms with Gasteiger partial charge >= 0.3 is 0 Å². The lowest BCUT2D eigenvalue weighted by atomic mass is 10.0. The van der Waals surface area contributed by atoms with Gasteiger partial charge in [0.25, 0.3) is 0 Å². The molecule has 1 aliphatic heterocycles. The van der Waals surface area contributed by atoms with Crippen molar-refractivity contribution in [3.05, 3.63) is 11.6 Å². The zero-order chi connectivity index (χ0) is 17.0. The van der Waals surface area contributed by atoms with Gasteiger partial charge in [-0.3, -0.25) is 4.99 Å². The molecule has 0 spiro atoms. The summed E-state index contributed by atoms with van der Waals surface area (Å²) >= 11 is 3.54. The fourth-order valence-corrected chi connectivity index (χ4v) is 4.44. The minimum atomic E-state index is 0.554. The number of unbranched alkanes of at least 4 members (excludes halogenated alkanes) is 1. The van der Waals surface area contributed by atoms with Crippen molar-refractivity contribution < 1.29 is 0 Å². The van der Waals surface area contributed by atoms with Gasteiger partial charge in [0, 0.05) is 50.1 Å². The zero-order valence-electron chi connectivity index (χ0n) is 15.0. The van der Waals surface area contributed by atoms with E-state index in [1.807, 2.05) is 30.4 Å². The minimum Gasteiger partial charge on any atom is -0.356 e. The van der Waals surface area contributed by atoms with Gasteiger partial charge in [0.05, 0.1) is 0 Å². The van der Waals surface area contributed by atoms with E-state index in [4.69, 9.17) is 0 Å². The Balaban J connectivity index is 1.55. The van der Waals surface area contributed by atoms with Gasteiger partial charge in [0.2, 0.25) is 0 Å². The molecule has 2 heterocycles. The summed E-state index contributed by atoms with van der Waals surface area (Å²) < 4.78 is 1.16. The molecule has 0 atom stereocenters. The highest BCUT2D eigenvalue weighted by atomic mass is 32.2. The van der Waals surface area contributed by atoms with E-state index < -0.39 is 0 Å². The smallest absolute Gasteiger partial charge is 0.191 e. The number of guanidine groups is 1. The number of piperidine rings is 1. The van der Waals surface area contributed by atoms with E-state index in [0.717, 1.165) is 29.0 Å². The Morgan fingerprint density at radius 1 is 1.42 bits per heavy atom. The first-order valence-electron chi connectivity index (χ1n) is 9.03. The van der Waals surface area contributed by atoms with Crippen LogP contribution in [0.15, 0.2) is 20.9 Å². The summed E-state index contributed by atoms with van der Waals surface area (Å²) in [6.07, 6.45) is 8.01. The lowest BCUT2D eigenvalue weighted by Crippen LogP contribution is -2.48. The van der Waals surface area contributed by atoms with E-state index in [1.54, 1.807) is 11.3 Å². The van der Waals surface area contributed by atoms with Crippen LogP contribution in [-0.4, -0.2) is 60.9 Å².